The number of hydrogen-bond donors (Lipinski definition) is 0. The molecule has 4 nitrogen and oxygen atoms in total. The highest BCUT2D eigenvalue weighted by molar-refractivity contribution is 7.95. The molecule has 1 aromatic rings. The Morgan fingerprint density at radius 2 is 2.00 bits per heavy atom. The largest absolute Gasteiger partial charge is 0.499 e. The van der Waals surface area contributed by atoms with Gasteiger partial charge in [0.05, 0.1) is 11.5 Å². The van der Waals surface area contributed by atoms with Crippen LogP contribution in [-0.4, -0.2) is 15.0 Å². The lowest BCUT2D eigenvalue weighted by Gasteiger charge is -2.03. The van der Waals surface area contributed by atoms with Gasteiger partial charge in [0.15, 0.2) is 4.91 Å². The van der Waals surface area contributed by atoms with Crippen LogP contribution in [0.2, 0.25) is 0 Å². The van der Waals surface area contributed by atoms with Gasteiger partial charge in [0.25, 0.3) is 0 Å². The Balaban J connectivity index is 3.19. The molecule has 1 rings (SSSR count). The van der Waals surface area contributed by atoms with Crippen molar-refractivity contribution >= 4 is 9.84 Å². The molecule has 1 aromatic carbocycles. The van der Waals surface area contributed by atoms with Gasteiger partial charge < -0.3 is 4.74 Å². The Bertz CT molecular complexity index is 550. The SMILES string of the molecule is CCO/C=C(\C#N)S(=O)(=O)c1ccc(C)cc1. The lowest BCUT2D eigenvalue weighted by molar-refractivity contribution is 0.268. The Kier molecular flexibility index (Phi) is 4.30. The summed E-state index contributed by atoms with van der Waals surface area (Å²) in [5.74, 6) is 0. The first-order valence-corrected chi connectivity index (χ1v) is 6.54. The van der Waals surface area contributed by atoms with Gasteiger partial charge in [-0.25, -0.2) is 8.42 Å². The summed E-state index contributed by atoms with van der Waals surface area (Å²) in [5, 5.41) is 8.83. The van der Waals surface area contributed by atoms with E-state index < -0.39 is 9.84 Å². The van der Waals surface area contributed by atoms with Gasteiger partial charge in [-0.1, -0.05) is 17.7 Å². The van der Waals surface area contributed by atoms with E-state index in [2.05, 4.69) is 0 Å². The summed E-state index contributed by atoms with van der Waals surface area (Å²) in [4.78, 5) is -0.293. The molecule has 0 amide bonds. The summed E-state index contributed by atoms with van der Waals surface area (Å²) in [7, 11) is -3.77. The van der Waals surface area contributed by atoms with Crippen molar-refractivity contribution in [2.75, 3.05) is 6.61 Å². The second kappa shape index (κ2) is 5.51. The number of allylic oxidation sites excluding steroid dienone is 1. The van der Waals surface area contributed by atoms with E-state index >= 15 is 0 Å². The Morgan fingerprint density at radius 1 is 1.41 bits per heavy atom. The van der Waals surface area contributed by atoms with Crippen LogP contribution in [0.25, 0.3) is 0 Å². The zero-order valence-electron chi connectivity index (χ0n) is 9.67. The Hall–Kier alpha value is -1.80. The maximum absolute atomic E-state index is 12.0. The van der Waals surface area contributed by atoms with E-state index in [0.717, 1.165) is 11.8 Å². The average Bonchev–Trinajstić information content (AvgIpc) is 2.30. The van der Waals surface area contributed by atoms with Crippen LogP contribution in [0.1, 0.15) is 12.5 Å². The second-order valence-electron chi connectivity index (χ2n) is 3.37. The summed E-state index contributed by atoms with van der Waals surface area (Å²) in [6, 6.07) is 7.95. The van der Waals surface area contributed by atoms with E-state index in [9.17, 15) is 8.42 Å². The van der Waals surface area contributed by atoms with Crippen LogP contribution in [0, 0.1) is 18.3 Å². The van der Waals surface area contributed by atoms with Gasteiger partial charge in [0.1, 0.15) is 12.3 Å². The standard InChI is InChI=1S/C12H13NO3S/c1-3-16-9-12(8-13)17(14,15)11-6-4-10(2)5-7-11/h4-7,9H,3H2,1-2H3/b12-9+. The molecule has 0 heterocycles. The third kappa shape index (κ3) is 3.08. The molecular formula is C12H13NO3S. The molecule has 5 heteroatoms. The predicted molar refractivity (Wildman–Crippen MR) is 63.7 cm³/mol. The van der Waals surface area contributed by atoms with Crippen LogP contribution in [0.3, 0.4) is 0 Å². The molecular weight excluding hydrogens is 238 g/mol. The molecule has 90 valence electrons. The van der Waals surface area contributed by atoms with Gasteiger partial charge in [-0.2, -0.15) is 5.26 Å². The van der Waals surface area contributed by atoms with Crippen molar-refractivity contribution in [3.8, 4) is 6.07 Å². The number of nitriles is 1. The molecule has 0 aliphatic heterocycles. The van der Waals surface area contributed by atoms with E-state index in [1.54, 1.807) is 25.1 Å². The molecule has 0 saturated carbocycles. The minimum absolute atomic E-state index is 0.0932. The first-order valence-electron chi connectivity index (χ1n) is 5.06. The maximum atomic E-state index is 12.0. The lowest BCUT2D eigenvalue weighted by atomic mass is 10.2. The van der Waals surface area contributed by atoms with Crippen LogP contribution >= 0.6 is 0 Å². The number of hydrogen-bond acceptors (Lipinski definition) is 4. The van der Waals surface area contributed by atoms with Gasteiger partial charge in [-0.05, 0) is 26.0 Å². The number of rotatable bonds is 4. The summed E-state index contributed by atoms with van der Waals surface area (Å²) in [5.41, 5.74) is 0.955. The molecule has 0 aliphatic rings. The highest BCUT2D eigenvalue weighted by Crippen LogP contribution is 2.19. The van der Waals surface area contributed by atoms with Crippen LogP contribution < -0.4 is 0 Å². The third-order valence-electron chi connectivity index (χ3n) is 2.09. The van der Waals surface area contributed by atoms with Crippen molar-refractivity contribution in [3.63, 3.8) is 0 Å². The molecule has 0 aromatic heterocycles. The quantitative estimate of drug-likeness (QED) is 0.607. The molecule has 0 bridgehead atoms. The topological polar surface area (TPSA) is 67.2 Å². The van der Waals surface area contributed by atoms with Crippen molar-refractivity contribution < 1.29 is 13.2 Å². The minimum atomic E-state index is -3.77. The van der Waals surface area contributed by atoms with E-state index in [1.807, 2.05) is 6.92 Å². The van der Waals surface area contributed by atoms with Gasteiger partial charge in [-0.3, -0.25) is 0 Å². The fraction of sp³-hybridized carbons (Fsp3) is 0.250. The van der Waals surface area contributed by atoms with Gasteiger partial charge in [0, 0.05) is 0 Å². The third-order valence-corrected chi connectivity index (χ3v) is 3.75. The monoisotopic (exact) mass is 251 g/mol. The molecule has 0 unspecified atom stereocenters. The summed E-state index contributed by atoms with van der Waals surface area (Å²) < 4.78 is 28.9. The number of nitrogens with zero attached hydrogens (tertiary/aromatic N) is 1. The summed E-state index contributed by atoms with van der Waals surface area (Å²) in [6.45, 7) is 3.89. The zero-order chi connectivity index (χ0) is 12.9. The lowest BCUT2D eigenvalue weighted by Crippen LogP contribution is -2.04. The number of aryl methyl sites for hydroxylation is 1. The molecule has 17 heavy (non-hydrogen) atoms. The van der Waals surface area contributed by atoms with E-state index in [0.29, 0.717) is 6.61 Å². The predicted octanol–water partition coefficient (Wildman–Crippen LogP) is 2.17. The summed E-state index contributed by atoms with van der Waals surface area (Å²) >= 11 is 0. The van der Waals surface area contributed by atoms with Crippen LogP contribution in [0.4, 0.5) is 0 Å². The van der Waals surface area contributed by atoms with Gasteiger partial charge in [-0.15, -0.1) is 0 Å². The fourth-order valence-electron chi connectivity index (χ4n) is 1.15. The van der Waals surface area contributed by atoms with Gasteiger partial charge >= 0.3 is 0 Å². The first-order chi connectivity index (χ1) is 8.02. The number of ether oxygens (including phenoxy) is 1. The van der Waals surface area contributed by atoms with Crippen molar-refractivity contribution in [1.29, 1.82) is 5.26 Å². The summed E-state index contributed by atoms with van der Waals surface area (Å²) in [6.07, 6.45) is 0.981. The number of sulfone groups is 1. The van der Waals surface area contributed by atoms with Crippen molar-refractivity contribution in [2.45, 2.75) is 18.7 Å². The van der Waals surface area contributed by atoms with Crippen LogP contribution in [0.5, 0.6) is 0 Å². The fourth-order valence-corrected chi connectivity index (χ4v) is 2.22. The maximum Gasteiger partial charge on any atom is 0.219 e. The van der Waals surface area contributed by atoms with E-state index in [4.69, 9.17) is 10.00 Å². The highest BCUT2D eigenvalue weighted by atomic mass is 32.2. The first kappa shape index (κ1) is 13.3. The smallest absolute Gasteiger partial charge is 0.219 e. The van der Waals surface area contributed by atoms with Crippen LogP contribution in [-0.2, 0) is 14.6 Å². The molecule has 0 radical (unpaired) electrons. The molecule has 0 fully saturated rings. The molecule has 0 spiro atoms. The van der Waals surface area contributed by atoms with Crippen molar-refractivity contribution in [1.82, 2.24) is 0 Å². The zero-order valence-corrected chi connectivity index (χ0v) is 10.5. The minimum Gasteiger partial charge on any atom is -0.499 e. The Labute approximate surface area is 101 Å². The molecule has 0 N–H and O–H groups in total. The van der Waals surface area contributed by atoms with E-state index in [1.165, 1.54) is 12.1 Å². The van der Waals surface area contributed by atoms with Crippen molar-refractivity contribution in [3.05, 3.63) is 41.0 Å². The average molecular weight is 251 g/mol. The molecule has 0 aliphatic carbocycles. The van der Waals surface area contributed by atoms with E-state index in [-0.39, 0.29) is 9.80 Å². The van der Waals surface area contributed by atoms with Crippen LogP contribution in [0.15, 0.2) is 40.3 Å². The van der Waals surface area contributed by atoms with Gasteiger partial charge in [0.2, 0.25) is 9.84 Å². The molecule has 0 saturated heterocycles. The highest BCUT2D eigenvalue weighted by Gasteiger charge is 2.20. The van der Waals surface area contributed by atoms with Crippen molar-refractivity contribution in [2.24, 2.45) is 0 Å². The number of benzene rings is 1. The normalized spacial score (nSPS) is 11.9. The molecule has 0 atom stereocenters. The second-order valence-corrected chi connectivity index (χ2v) is 5.28. The Morgan fingerprint density at radius 3 is 2.47 bits per heavy atom.